The van der Waals surface area contributed by atoms with Crippen LogP contribution >= 0.6 is 22.9 Å². The summed E-state index contributed by atoms with van der Waals surface area (Å²) in [5.41, 5.74) is 0. The minimum atomic E-state index is -3.24. The van der Waals surface area contributed by atoms with Gasteiger partial charge in [0.05, 0.1) is 5.75 Å². The van der Waals surface area contributed by atoms with Gasteiger partial charge in [0.2, 0.25) is 14.2 Å². The average Bonchev–Trinajstić information content (AvgIpc) is 2.49. The van der Waals surface area contributed by atoms with Gasteiger partial charge < -0.3 is 0 Å². The summed E-state index contributed by atoms with van der Waals surface area (Å²) in [7, 11) is -3.24. The molecule has 0 saturated carbocycles. The third-order valence-electron chi connectivity index (χ3n) is 1.32. The highest BCUT2D eigenvalue weighted by Gasteiger charge is 2.18. The average molecular weight is 241 g/mol. The SMILES string of the molecule is Cc1nnc(S(=O)(=O)CCCCl)s1. The molecule has 7 heteroatoms. The van der Waals surface area contributed by atoms with E-state index in [4.69, 9.17) is 11.6 Å². The van der Waals surface area contributed by atoms with E-state index in [1.807, 2.05) is 0 Å². The van der Waals surface area contributed by atoms with Gasteiger partial charge in [-0.1, -0.05) is 11.3 Å². The summed E-state index contributed by atoms with van der Waals surface area (Å²) in [4.78, 5) is 0. The summed E-state index contributed by atoms with van der Waals surface area (Å²) < 4.78 is 23.0. The number of aromatic nitrogens is 2. The normalized spacial score (nSPS) is 11.8. The molecule has 13 heavy (non-hydrogen) atoms. The van der Waals surface area contributed by atoms with E-state index in [1.54, 1.807) is 6.92 Å². The number of halogens is 1. The molecule has 0 N–H and O–H groups in total. The van der Waals surface area contributed by atoms with Crippen LogP contribution < -0.4 is 0 Å². The van der Waals surface area contributed by atoms with E-state index in [0.29, 0.717) is 17.3 Å². The number of sulfone groups is 1. The van der Waals surface area contributed by atoms with Gasteiger partial charge in [-0.2, -0.15) is 0 Å². The second-order valence-corrected chi connectivity index (χ2v) is 6.29. The van der Waals surface area contributed by atoms with Crippen LogP contribution in [0, 0.1) is 6.92 Å². The molecule has 0 aromatic carbocycles. The van der Waals surface area contributed by atoms with Crippen LogP contribution in [0.1, 0.15) is 11.4 Å². The fourth-order valence-corrected chi connectivity index (χ4v) is 3.43. The van der Waals surface area contributed by atoms with Crippen LogP contribution in [-0.4, -0.2) is 30.2 Å². The van der Waals surface area contributed by atoms with E-state index in [2.05, 4.69) is 10.2 Å². The monoisotopic (exact) mass is 240 g/mol. The summed E-state index contributed by atoms with van der Waals surface area (Å²) in [5, 5.41) is 7.88. The van der Waals surface area contributed by atoms with Gasteiger partial charge >= 0.3 is 0 Å². The Morgan fingerprint density at radius 1 is 1.46 bits per heavy atom. The van der Waals surface area contributed by atoms with Crippen molar-refractivity contribution in [3.8, 4) is 0 Å². The van der Waals surface area contributed by atoms with Crippen molar-refractivity contribution in [2.24, 2.45) is 0 Å². The molecule has 0 aliphatic carbocycles. The van der Waals surface area contributed by atoms with Crippen LogP contribution in [0.3, 0.4) is 0 Å². The Morgan fingerprint density at radius 2 is 2.15 bits per heavy atom. The first-order chi connectivity index (χ1) is 6.06. The fourth-order valence-electron chi connectivity index (χ4n) is 0.736. The molecule has 0 aliphatic heterocycles. The quantitative estimate of drug-likeness (QED) is 0.744. The third-order valence-corrected chi connectivity index (χ3v) is 4.67. The molecular weight excluding hydrogens is 232 g/mol. The molecule has 0 bridgehead atoms. The minimum Gasteiger partial charge on any atom is -0.221 e. The molecule has 0 unspecified atom stereocenters. The smallest absolute Gasteiger partial charge is 0.221 e. The summed E-state index contributed by atoms with van der Waals surface area (Å²) in [5.74, 6) is 0.391. The molecule has 0 spiro atoms. The Kier molecular flexibility index (Phi) is 3.63. The standard InChI is InChI=1S/C6H9ClN2O2S2/c1-5-8-9-6(12-5)13(10,11)4-2-3-7/h2-4H2,1H3. The van der Waals surface area contributed by atoms with E-state index in [-0.39, 0.29) is 10.1 Å². The van der Waals surface area contributed by atoms with Crippen LogP contribution in [0.5, 0.6) is 0 Å². The maximum Gasteiger partial charge on any atom is 0.232 e. The molecule has 0 aliphatic rings. The Morgan fingerprint density at radius 3 is 2.62 bits per heavy atom. The number of alkyl halides is 1. The number of rotatable bonds is 4. The second-order valence-electron chi connectivity index (χ2n) is 2.45. The molecule has 1 heterocycles. The van der Waals surface area contributed by atoms with E-state index >= 15 is 0 Å². The lowest BCUT2D eigenvalue weighted by atomic mass is 10.6. The first-order valence-corrected chi connectivity index (χ1v) is 6.65. The maximum atomic E-state index is 11.5. The Hall–Kier alpha value is -0.200. The van der Waals surface area contributed by atoms with Gasteiger partial charge in [-0.25, -0.2) is 8.42 Å². The summed E-state index contributed by atoms with van der Waals surface area (Å²) in [6, 6.07) is 0. The number of hydrogen-bond donors (Lipinski definition) is 0. The topological polar surface area (TPSA) is 59.9 Å². The van der Waals surface area contributed by atoms with Gasteiger partial charge in [-0.15, -0.1) is 21.8 Å². The Labute approximate surface area is 85.9 Å². The van der Waals surface area contributed by atoms with E-state index in [9.17, 15) is 8.42 Å². The van der Waals surface area contributed by atoms with Crippen molar-refractivity contribution in [1.82, 2.24) is 10.2 Å². The van der Waals surface area contributed by atoms with Gasteiger partial charge in [0, 0.05) is 5.88 Å². The highest BCUT2D eigenvalue weighted by Crippen LogP contribution is 2.16. The van der Waals surface area contributed by atoms with Gasteiger partial charge in [-0.3, -0.25) is 0 Å². The summed E-state index contributed by atoms with van der Waals surface area (Å²) in [6.45, 7) is 1.72. The fraction of sp³-hybridized carbons (Fsp3) is 0.667. The lowest BCUT2D eigenvalue weighted by molar-refractivity contribution is 0.593. The van der Waals surface area contributed by atoms with Gasteiger partial charge in [-0.05, 0) is 13.3 Å². The minimum absolute atomic E-state index is 0.0468. The highest BCUT2D eigenvalue weighted by molar-refractivity contribution is 7.93. The number of nitrogens with zero attached hydrogens (tertiary/aromatic N) is 2. The third kappa shape index (κ3) is 2.89. The van der Waals surface area contributed by atoms with Crippen LogP contribution in [0.15, 0.2) is 4.34 Å². The summed E-state index contributed by atoms with van der Waals surface area (Å²) in [6.07, 6.45) is 0.447. The van der Waals surface area contributed by atoms with Crippen molar-refractivity contribution >= 4 is 32.8 Å². The molecule has 1 aromatic heterocycles. The molecule has 0 saturated heterocycles. The molecule has 4 nitrogen and oxygen atoms in total. The van der Waals surface area contributed by atoms with E-state index in [0.717, 1.165) is 11.3 Å². The van der Waals surface area contributed by atoms with Crippen molar-refractivity contribution in [3.05, 3.63) is 5.01 Å². The zero-order valence-corrected chi connectivity index (χ0v) is 9.42. The maximum absolute atomic E-state index is 11.5. The zero-order chi connectivity index (χ0) is 9.90. The number of hydrogen-bond acceptors (Lipinski definition) is 5. The molecule has 0 fully saturated rings. The van der Waals surface area contributed by atoms with Gasteiger partial charge in [0.1, 0.15) is 5.01 Å². The van der Waals surface area contributed by atoms with Gasteiger partial charge in [0.25, 0.3) is 0 Å². The van der Waals surface area contributed by atoms with Crippen molar-refractivity contribution in [3.63, 3.8) is 0 Å². The Balaban J connectivity index is 2.82. The summed E-state index contributed by atoms with van der Waals surface area (Å²) >= 11 is 6.50. The highest BCUT2D eigenvalue weighted by atomic mass is 35.5. The van der Waals surface area contributed by atoms with Crippen LogP contribution in [-0.2, 0) is 9.84 Å². The molecule has 0 atom stereocenters. The molecule has 1 rings (SSSR count). The van der Waals surface area contributed by atoms with E-state index in [1.165, 1.54) is 0 Å². The molecule has 0 amide bonds. The molecule has 1 aromatic rings. The second kappa shape index (κ2) is 4.34. The van der Waals surface area contributed by atoms with Crippen molar-refractivity contribution in [2.75, 3.05) is 11.6 Å². The lowest BCUT2D eigenvalue weighted by Gasteiger charge is -1.95. The number of aryl methyl sites for hydroxylation is 1. The van der Waals surface area contributed by atoms with Crippen molar-refractivity contribution in [1.29, 1.82) is 0 Å². The zero-order valence-electron chi connectivity index (χ0n) is 7.03. The van der Waals surface area contributed by atoms with Crippen molar-refractivity contribution < 1.29 is 8.42 Å². The van der Waals surface area contributed by atoms with Gasteiger partial charge in [0.15, 0.2) is 0 Å². The van der Waals surface area contributed by atoms with Crippen LogP contribution in [0.2, 0.25) is 0 Å². The lowest BCUT2D eigenvalue weighted by Crippen LogP contribution is -2.06. The van der Waals surface area contributed by atoms with E-state index < -0.39 is 9.84 Å². The molecule has 74 valence electrons. The van der Waals surface area contributed by atoms with Crippen LogP contribution in [0.25, 0.3) is 0 Å². The largest absolute Gasteiger partial charge is 0.232 e. The molecule has 0 radical (unpaired) electrons. The predicted molar refractivity (Wildman–Crippen MR) is 52.0 cm³/mol. The first kappa shape index (κ1) is 10.9. The van der Waals surface area contributed by atoms with Crippen molar-refractivity contribution in [2.45, 2.75) is 17.7 Å². The van der Waals surface area contributed by atoms with Crippen LogP contribution in [0.4, 0.5) is 0 Å². The Bertz CT molecular complexity index is 374. The molecular formula is C6H9ClN2O2S2. The first-order valence-electron chi connectivity index (χ1n) is 3.65. The predicted octanol–water partition coefficient (Wildman–Crippen LogP) is 1.25.